The van der Waals surface area contributed by atoms with Crippen molar-refractivity contribution in [3.63, 3.8) is 0 Å². The third-order valence-corrected chi connectivity index (χ3v) is 5.25. The molecule has 1 amide bonds. The Labute approximate surface area is 109 Å². The summed E-state index contributed by atoms with van der Waals surface area (Å²) in [4.78, 5) is 14.8. The predicted octanol–water partition coefficient (Wildman–Crippen LogP) is 2.09. The molecular weight excluding hydrogens is 232 g/mol. The summed E-state index contributed by atoms with van der Waals surface area (Å²) in [6.07, 6.45) is 5.12. The average Bonchev–Trinajstić information content (AvgIpc) is 3.03. The summed E-state index contributed by atoms with van der Waals surface area (Å²) < 4.78 is 0. The van der Waals surface area contributed by atoms with Gasteiger partial charge in [-0.05, 0) is 37.5 Å². The zero-order valence-corrected chi connectivity index (χ0v) is 11.6. The SMILES string of the molecule is CCC1(CC)CCN(C(=O)C2(C(N)=S)CC2)C1. The van der Waals surface area contributed by atoms with Gasteiger partial charge in [0.05, 0.1) is 10.4 Å². The summed E-state index contributed by atoms with van der Waals surface area (Å²) in [6, 6.07) is 0. The van der Waals surface area contributed by atoms with E-state index in [1.54, 1.807) is 0 Å². The number of rotatable bonds is 4. The molecular formula is C13H22N2OS. The van der Waals surface area contributed by atoms with Gasteiger partial charge in [0.1, 0.15) is 0 Å². The van der Waals surface area contributed by atoms with Crippen LogP contribution in [-0.4, -0.2) is 28.9 Å². The zero-order chi connectivity index (χ0) is 12.7. The molecule has 1 heterocycles. The van der Waals surface area contributed by atoms with Gasteiger partial charge >= 0.3 is 0 Å². The fraction of sp³-hybridized carbons (Fsp3) is 0.846. The van der Waals surface area contributed by atoms with Gasteiger partial charge in [0, 0.05) is 13.1 Å². The van der Waals surface area contributed by atoms with Crippen molar-refractivity contribution in [2.45, 2.75) is 46.0 Å². The van der Waals surface area contributed by atoms with E-state index in [1.807, 2.05) is 4.90 Å². The molecule has 0 aromatic heterocycles. The van der Waals surface area contributed by atoms with Gasteiger partial charge in [-0.25, -0.2) is 0 Å². The average molecular weight is 254 g/mol. The molecule has 1 saturated carbocycles. The van der Waals surface area contributed by atoms with Crippen LogP contribution in [0.2, 0.25) is 0 Å². The molecule has 0 aromatic rings. The Kier molecular flexibility index (Phi) is 3.19. The van der Waals surface area contributed by atoms with Crippen LogP contribution in [0.15, 0.2) is 0 Å². The fourth-order valence-electron chi connectivity index (χ4n) is 2.93. The smallest absolute Gasteiger partial charge is 0.235 e. The number of nitrogens with zero attached hydrogens (tertiary/aromatic N) is 1. The summed E-state index contributed by atoms with van der Waals surface area (Å²) in [5.74, 6) is 0.189. The number of nitrogens with two attached hydrogens (primary N) is 1. The number of hydrogen-bond acceptors (Lipinski definition) is 2. The zero-order valence-electron chi connectivity index (χ0n) is 10.8. The highest BCUT2D eigenvalue weighted by Crippen LogP contribution is 2.49. The quantitative estimate of drug-likeness (QED) is 0.781. The number of hydrogen-bond donors (Lipinski definition) is 1. The van der Waals surface area contributed by atoms with Crippen LogP contribution in [0.4, 0.5) is 0 Å². The first-order chi connectivity index (χ1) is 7.99. The van der Waals surface area contributed by atoms with Gasteiger partial charge in [-0.15, -0.1) is 0 Å². The molecule has 17 heavy (non-hydrogen) atoms. The lowest BCUT2D eigenvalue weighted by Crippen LogP contribution is -2.42. The fourth-order valence-corrected chi connectivity index (χ4v) is 3.22. The standard InChI is InChI=1S/C13H22N2OS/c1-3-12(4-2)7-8-15(9-12)11(16)13(5-6-13)10(14)17/h3-9H2,1-2H3,(H2,14,17). The Morgan fingerprint density at radius 1 is 1.29 bits per heavy atom. The Bertz CT molecular complexity index is 345. The molecule has 0 bridgehead atoms. The third-order valence-electron chi connectivity index (χ3n) is 4.86. The van der Waals surface area contributed by atoms with E-state index in [2.05, 4.69) is 13.8 Å². The van der Waals surface area contributed by atoms with Crippen LogP contribution >= 0.6 is 12.2 Å². The first-order valence-corrected chi connectivity index (χ1v) is 7.00. The van der Waals surface area contributed by atoms with E-state index >= 15 is 0 Å². The van der Waals surface area contributed by atoms with Crippen LogP contribution in [0.25, 0.3) is 0 Å². The number of thiocarbonyl (C=S) groups is 1. The Morgan fingerprint density at radius 3 is 2.24 bits per heavy atom. The molecule has 1 aliphatic heterocycles. The molecule has 3 nitrogen and oxygen atoms in total. The van der Waals surface area contributed by atoms with Crippen molar-refractivity contribution in [3.05, 3.63) is 0 Å². The van der Waals surface area contributed by atoms with Crippen molar-refractivity contribution in [2.24, 2.45) is 16.6 Å². The minimum Gasteiger partial charge on any atom is -0.392 e. The lowest BCUT2D eigenvalue weighted by atomic mass is 9.82. The van der Waals surface area contributed by atoms with Crippen molar-refractivity contribution in [2.75, 3.05) is 13.1 Å². The second-order valence-electron chi connectivity index (χ2n) is 5.63. The summed E-state index contributed by atoms with van der Waals surface area (Å²) in [5.41, 5.74) is 5.59. The van der Waals surface area contributed by atoms with Crippen LogP contribution in [-0.2, 0) is 4.79 Å². The summed E-state index contributed by atoms with van der Waals surface area (Å²) in [5, 5.41) is 0. The van der Waals surface area contributed by atoms with Gasteiger partial charge in [0.15, 0.2) is 0 Å². The molecule has 1 aliphatic carbocycles. The van der Waals surface area contributed by atoms with Crippen LogP contribution in [0.3, 0.4) is 0 Å². The van der Waals surface area contributed by atoms with Gasteiger partial charge in [0.2, 0.25) is 5.91 Å². The minimum atomic E-state index is -0.465. The Hall–Kier alpha value is -0.640. The summed E-state index contributed by atoms with van der Waals surface area (Å²) >= 11 is 5.05. The Balaban J connectivity index is 2.07. The second-order valence-corrected chi connectivity index (χ2v) is 6.07. The van der Waals surface area contributed by atoms with E-state index in [9.17, 15) is 4.79 Å². The molecule has 0 spiro atoms. The molecule has 96 valence electrons. The first-order valence-electron chi connectivity index (χ1n) is 6.59. The van der Waals surface area contributed by atoms with E-state index in [4.69, 9.17) is 18.0 Å². The number of carbonyl (C=O) groups excluding carboxylic acids is 1. The van der Waals surface area contributed by atoms with E-state index in [1.165, 1.54) is 0 Å². The number of carbonyl (C=O) groups is 1. The predicted molar refractivity (Wildman–Crippen MR) is 72.7 cm³/mol. The molecule has 0 atom stereocenters. The highest BCUT2D eigenvalue weighted by atomic mass is 32.1. The second kappa shape index (κ2) is 4.23. The summed E-state index contributed by atoms with van der Waals surface area (Å²) in [7, 11) is 0. The maximum atomic E-state index is 12.4. The van der Waals surface area contributed by atoms with Crippen molar-refractivity contribution >= 4 is 23.1 Å². The maximum Gasteiger partial charge on any atom is 0.235 e. The van der Waals surface area contributed by atoms with Gasteiger partial charge in [0.25, 0.3) is 0 Å². The molecule has 0 unspecified atom stereocenters. The first kappa shape index (κ1) is 12.8. The molecule has 1 saturated heterocycles. The van der Waals surface area contributed by atoms with Gasteiger partial charge in [-0.3, -0.25) is 4.79 Å². The van der Waals surface area contributed by atoms with Crippen LogP contribution in [0, 0.1) is 10.8 Å². The molecule has 2 rings (SSSR count). The molecule has 0 aromatic carbocycles. The largest absolute Gasteiger partial charge is 0.392 e. The maximum absolute atomic E-state index is 12.4. The van der Waals surface area contributed by atoms with E-state index in [0.717, 1.165) is 45.2 Å². The van der Waals surface area contributed by atoms with Gasteiger partial charge < -0.3 is 10.6 Å². The molecule has 2 N–H and O–H groups in total. The van der Waals surface area contributed by atoms with Gasteiger partial charge in [-0.1, -0.05) is 26.1 Å². The van der Waals surface area contributed by atoms with Crippen LogP contribution < -0.4 is 5.73 Å². The number of likely N-dealkylation sites (tertiary alicyclic amines) is 1. The van der Waals surface area contributed by atoms with Crippen molar-refractivity contribution in [1.29, 1.82) is 0 Å². The topological polar surface area (TPSA) is 46.3 Å². The molecule has 2 fully saturated rings. The highest BCUT2D eigenvalue weighted by molar-refractivity contribution is 7.80. The van der Waals surface area contributed by atoms with Crippen molar-refractivity contribution < 1.29 is 4.79 Å². The minimum absolute atomic E-state index is 0.189. The van der Waals surface area contributed by atoms with Crippen LogP contribution in [0.5, 0.6) is 0 Å². The van der Waals surface area contributed by atoms with Crippen molar-refractivity contribution in [1.82, 2.24) is 4.90 Å². The number of amides is 1. The molecule has 0 radical (unpaired) electrons. The molecule has 4 heteroatoms. The van der Waals surface area contributed by atoms with Gasteiger partial charge in [-0.2, -0.15) is 0 Å². The van der Waals surface area contributed by atoms with E-state index in [0.29, 0.717) is 10.4 Å². The molecule has 2 aliphatic rings. The van der Waals surface area contributed by atoms with Crippen molar-refractivity contribution in [3.8, 4) is 0 Å². The van der Waals surface area contributed by atoms with Crippen LogP contribution in [0.1, 0.15) is 46.0 Å². The third kappa shape index (κ3) is 1.96. The Morgan fingerprint density at radius 2 is 1.88 bits per heavy atom. The van der Waals surface area contributed by atoms with E-state index in [-0.39, 0.29) is 5.91 Å². The lowest BCUT2D eigenvalue weighted by Gasteiger charge is -2.28. The normalized spacial score (nSPS) is 24.7. The lowest BCUT2D eigenvalue weighted by molar-refractivity contribution is -0.133. The monoisotopic (exact) mass is 254 g/mol. The van der Waals surface area contributed by atoms with E-state index < -0.39 is 5.41 Å². The highest BCUT2D eigenvalue weighted by Gasteiger charge is 2.55. The summed E-state index contributed by atoms with van der Waals surface area (Å²) in [6.45, 7) is 6.21.